The third kappa shape index (κ3) is 1.87. The van der Waals surface area contributed by atoms with E-state index in [9.17, 15) is 10.1 Å². The van der Waals surface area contributed by atoms with Crippen LogP contribution in [-0.4, -0.2) is 4.92 Å². The maximum Gasteiger partial charge on any atom is 0.276 e. The zero-order chi connectivity index (χ0) is 9.84. The quantitative estimate of drug-likeness (QED) is 0.425. The maximum atomic E-state index is 10.6. The highest BCUT2D eigenvalue weighted by Gasteiger charge is 2.13. The Balaban J connectivity index is 3.35. The normalized spacial score (nSPS) is 9.62. The molecular formula is C9H8ClNO2. The molecule has 4 heteroatoms. The summed E-state index contributed by atoms with van der Waals surface area (Å²) in [6.07, 6.45) is 1.45. The first-order chi connectivity index (χ1) is 6.20. The number of nitro benzene ring substituents is 1. The van der Waals surface area contributed by atoms with E-state index in [1.54, 1.807) is 12.1 Å². The van der Waals surface area contributed by atoms with Gasteiger partial charge in [-0.15, -0.1) is 11.6 Å². The van der Waals surface area contributed by atoms with Crippen molar-refractivity contribution in [2.45, 2.75) is 5.88 Å². The van der Waals surface area contributed by atoms with Crippen LogP contribution in [0.3, 0.4) is 0 Å². The van der Waals surface area contributed by atoms with Gasteiger partial charge < -0.3 is 0 Å². The summed E-state index contributed by atoms with van der Waals surface area (Å²) < 4.78 is 0. The molecule has 1 rings (SSSR count). The number of rotatable bonds is 3. The van der Waals surface area contributed by atoms with Gasteiger partial charge in [-0.2, -0.15) is 0 Å². The number of halogens is 1. The smallest absolute Gasteiger partial charge is 0.258 e. The fourth-order valence-corrected chi connectivity index (χ4v) is 1.34. The van der Waals surface area contributed by atoms with E-state index in [1.165, 1.54) is 12.1 Å². The van der Waals surface area contributed by atoms with Crippen molar-refractivity contribution in [3.8, 4) is 0 Å². The molecule has 0 fully saturated rings. The van der Waals surface area contributed by atoms with Crippen LogP contribution in [0.15, 0.2) is 24.8 Å². The summed E-state index contributed by atoms with van der Waals surface area (Å²) in [6, 6.07) is 4.80. The molecule has 0 aromatic heterocycles. The second-order valence-corrected chi connectivity index (χ2v) is 2.71. The van der Waals surface area contributed by atoms with E-state index in [-0.39, 0.29) is 11.6 Å². The van der Waals surface area contributed by atoms with Gasteiger partial charge in [-0.25, -0.2) is 0 Å². The first kappa shape index (κ1) is 9.74. The number of benzene rings is 1. The largest absolute Gasteiger partial charge is 0.276 e. The van der Waals surface area contributed by atoms with Crippen molar-refractivity contribution in [3.05, 3.63) is 46.0 Å². The Bertz CT molecular complexity index is 349. The lowest BCUT2D eigenvalue weighted by Gasteiger charge is -2.01. The molecule has 3 nitrogen and oxygen atoms in total. The van der Waals surface area contributed by atoms with Crippen LogP contribution in [0.1, 0.15) is 11.1 Å². The van der Waals surface area contributed by atoms with Gasteiger partial charge in [-0.05, 0) is 5.56 Å². The van der Waals surface area contributed by atoms with Crippen LogP contribution in [0, 0.1) is 10.1 Å². The highest BCUT2D eigenvalue weighted by molar-refractivity contribution is 6.17. The molecular weight excluding hydrogens is 190 g/mol. The van der Waals surface area contributed by atoms with Crippen molar-refractivity contribution in [2.75, 3.05) is 0 Å². The summed E-state index contributed by atoms with van der Waals surface area (Å²) in [5.41, 5.74) is 1.28. The fraction of sp³-hybridized carbons (Fsp3) is 0.111. The van der Waals surface area contributed by atoms with Gasteiger partial charge in [-0.3, -0.25) is 10.1 Å². The Morgan fingerprint density at radius 2 is 2.31 bits per heavy atom. The van der Waals surface area contributed by atoms with Crippen molar-refractivity contribution < 1.29 is 4.92 Å². The zero-order valence-corrected chi connectivity index (χ0v) is 7.62. The number of hydrogen-bond acceptors (Lipinski definition) is 2. The number of nitro groups is 1. The van der Waals surface area contributed by atoms with Gasteiger partial charge in [-0.1, -0.05) is 24.8 Å². The SMILES string of the molecule is C=Cc1c(CCl)cccc1[N+](=O)[O-]. The Hall–Kier alpha value is -1.35. The van der Waals surface area contributed by atoms with Gasteiger partial charge in [0.15, 0.2) is 0 Å². The molecule has 0 saturated heterocycles. The van der Waals surface area contributed by atoms with Crippen LogP contribution in [-0.2, 0) is 5.88 Å². The van der Waals surface area contributed by atoms with Crippen molar-refractivity contribution in [2.24, 2.45) is 0 Å². The van der Waals surface area contributed by atoms with E-state index in [4.69, 9.17) is 11.6 Å². The first-order valence-corrected chi connectivity index (χ1v) is 4.19. The van der Waals surface area contributed by atoms with E-state index >= 15 is 0 Å². The molecule has 0 unspecified atom stereocenters. The van der Waals surface area contributed by atoms with Gasteiger partial charge in [0.05, 0.1) is 10.5 Å². The van der Waals surface area contributed by atoms with E-state index in [0.717, 1.165) is 5.56 Å². The van der Waals surface area contributed by atoms with Gasteiger partial charge in [0.2, 0.25) is 0 Å². The predicted octanol–water partition coefficient (Wildman–Crippen LogP) is 2.98. The number of hydrogen-bond donors (Lipinski definition) is 0. The van der Waals surface area contributed by atoms with Crippen molar-refractivity contribution in [3.63, 3.8) is 0 Å². The topological polar surface area (TPSA) is 43.1 Å². The summed E-state index contributed by atoms with van der Waals surface area (Å²) in [7, 11) is 0. The minimum absolute atomic E-state index is 0.0492. The van der Waals surface area contributed by atoms with E-state index in [2.05, 4.69) is 6.58 Å². The number of nitrogens with zero attached hydrogens (tertiary/aromatic N) is 1. The molecule has 0 aliphatic heterocycles. The summed E-state index contributed by atoms with van der Waals surface area (Å²) >= 11 is 5.62. The first-order valence-electron chi connectivity index (χ1n) is 3.65. The highest BCUT2D eigenvalue weighted by Crippen LogP contribution is 2.24. The third-order valence-electron chi connectivity index (χ3n) is 1.72. The zero-order valence-electron chi connectivity index (χ0n) is 6.87. The monoisotopic (exact) mass is 197 g/mol. The van der Waals surface area contributed by atoms with Crippen LogP contribution in [0.25, 0.3) is 6.08 Å². The fourth-order valence-electron chi connectivity index (χ4n) is 1.11. The van der Waals surface area contributed by atoms with E-state index in [0.29, 0.717) is 5.56 Å². The standard InChI is InChI=1S/C9H8ClNO2/c1-2-8-7(6-10)4-3-5-9(8)11(12)13/h2-5H,1,6H2. The average molecular weight is 198 g/mol. The molecule has 1 aromatic rings. The average Bonchev–Trinajstić information content (AvgIpc) is 2.16. The molecule has 0 bridgehead atoms. The van der Waals surface area contributed by atoms with Gasteiger partial charge in [0.25, 0.3) is 5.69 Å². The molecule has 68 valence electrons. The summed E-state index contributed by atoms with van der Waals surface area (Å²) in [6.45, 7) is 3.52. The van der Waals surface area contributed by atoms with Gasteiger partial charge >= 0.3 is 0 Å². The lowest BCUT2D eigenvalue weighted by atomic mass is 10.1. The van der Waals surface area contributed by atoms with Crippen LogP contribution in [0.5, 0.6) is 0 Å². The molecule has 0 atom stereocenters. The minimum Gasteiger partial charge on any atom is -0.258 e. The molecule has 0 radical (unpaired) electrons. The third-order valence-corrected chi connectivity index (χ3v) is 2.01. The van der Waals surface area contributed by atoms with Gasteiger partial charge in [0.1, 0.15) is 0 Å². The maximum absolute atomic E-state index is 10.6. The van der Waals surface area contributed by atoms with E-state index in [1.807, 2.05) is 0 Å². The van der Waals surface area contributed by atoms with Crippen LogP contribution < -0.4 is 0 Å². The Morgan fingerprint density at radius 1 is 1.62 bits per heavy atom. The molecule has 0 saturated carbocycles. The Morgan fingerprint density at radius 3 is 2.77 bits per heavy atom. The minimum atomic E-state index is -0.437. The van der Waals surface area contributed by atoms with Crippen LogP contribution >= 0.6 is 11.6 Å². The lowest BCUT2D eigenvalue weighted by Crippen LogP contribution is -1.94. The highest BCUT2D eigenvalue weighted by atomic mass is 35.5. The number of alkyl halides is 1. The molecule has 0 amide bonds. The summed E-state index contributed by atoms with van der Waals surface area (Å²) in [5.74, 6) is 0.253. The van der Waals surface area contributed by atoms with Gasteiger partial charge in [0, 0.05) is 11.9 Å². The molecule has 1 aromatic carbocycles. The van der Waals surface area contributed by atoms with Crippen LogP contribution in [0.2, 0.25) is 0 Å². The Labute approximate surface area is 80.8 Å². The van der Waals surface area contributed by atoms with Crippen LogP contribution in [0.4, 0.5) is 5.69 Å². The summed E-state index contributed by atoms with van der Waals surface area (Å²) in [4.78, 5) is 10.1. The summed E-state index contributed by atoms with van der Waals surface area (Å²) in [5, 5.41) is 10.6. The molecule has 0 spiro atoms. The van der Waals surface area contributed by atoms with E-state index < -0.39 is 4.92 Å². The van der Waals surface area contributed by atoms with Crippen molar-refractivity contribution in [1.29, 1.82) is 0 Å². The van der Waals surface area contributed by atoms with Crippen molar-refractivity contribution >= 4 is 23.4 Å². The Kier molecular flexibility index (Phi) is 3.03. The predicted molar refractivity (Wildman–Crippen MR) is 52.7 cm³/mol. The second kappa shape index (κ2) is 4.05. The molecule has 13 heavy (non-hydrogen) atoms. The molecule has 0 N–H and O–H groups in total. The molecule has 0 aliphatic carbocycles. The molecule has 0 aliphatic rings. The lowest BCUT2D eigenvalue weighted by molar-refractivity contribution is -0.385. The second-order valence-electron chi connectivity index (χ2n) is 2.44. The van der Waals surface area contributed by atoms with Crippen molar-refractivity contribution in [1.82, 2.24) is 0 Å². The molecule has 0 heterocycles.